The Labute approximate surface area is 85.0 Å². The lowest BCUT2D eigenvalue weighted by atomic mass is 10.4. The first-order valence-corrected chi connectivity index (χ1v) is 4.27. The van der Waals surface area contributed by atoms with Crippen LogP contribution < -0.4 is 5.32 Å². The Morgan fingerprint density at radius 3 is 2.92 bits per heavy atom. The molecule has 0 fully saturated rings. The average Bonchev–Trinajstić information content (AvgIpc) is 2.47. The molecule has 1 rings (SSSR count). The van der Waals surface area contributed by atoms with Crippen LogP contribution in [0.3, 0.4) is 0 Å². The van der Waals surface area contributed by atoms with Crippen LogP contribution in [0.2, 0.25) is 0 Å². The summed E-state index contributed by atoms with van der Waals surface area (Å²) >= 11 is 10.2. The van der Waals surface area contributed by atoms with Crippen molar-refractivity contribution in [1.29, 1.82) is 0 Å². The van der Waals surface area contributed by atoms with Gasteiger partial charge in [0.15, 0.2) is 4.77 Å². The van der Waals surface area contributed by atoms with E-state index in [1.165, 1.54) is 6.20 Å². The number of amides is 1. The number of hydrogen-bond acceptors (Lipinski definition) is 2. The van der Waals surface area contributed by atoms with E-state index in [0.717, 1.165) is 0 Å². The van der Waals surface area contributed by atoms with Gasteiger partial charge in [0, 0.05) is 11.2 Å². The maximum absolute atomic E-state index is 11.3. The second-order valence-corrected chi connectivity index (χ2v) is 3.30. The van der Waals surface area contributed by atoms with Crippen molar-refractivity contribution in [1.82, 2.24) is 15.3 Å². The van der Waals surface area contributed by atoms with Gasteiger partial charge in [0.2, 0.25) is 0 Å². The zero-order valence-corrected chi connectivity index (χ0v) is 8.26. The maximum atomic E-state index is 11.3. The van der Waals surface area contributed by atoms with Crippen molar-refractivity contribution in [3.05, 3.63) is 28.3 Å². The van der Waals surface area contributed by atoms with Gasteiger partial charge in [0.05, 0.1) is 6.54 Å². The molecular weight excluding hydrogens is 210 g/mol. The molecule has 0 bridgehead atoms. The van der Waals surface area contributed by atoms with Crippen LogP contribution in [-0.4, -0.2) is 22.4 Å². The van der Waals surface area contributed by atoms with E-state index >= 15 is 0 Å². The predicted molar refractivity (Wildman–Crippen MR) is 53.3 cm³/mol. The summed E-state index contributed by atoms with van der Waals surface area (Å²) in [5.74, 6) is -0.269. The van der Waals surface area contributed by atoms with Gasteiger partial charge in [-0.25, -0.2) is 0 Å². The van der Waals surface area contributed by atoms with Crippen molar-refractivity contribution in [3.63, 3.8) is 0 Å². The topological polar surface area (TPSA) is 60.7 Å². The molecule has 0 saturated heterocycles. The molecule has 0 aliphatic heterocycles. The molecule has 1 heterocycles. The summed E-state index contributed by atoms with van der Waals surface area (Å²) in [6, 6.07) is 0. The highest BCUT2D eigenvalue weighted by Crippen LogP contribution is 1.96. The molecule has 0 unspecified atom stereocenters. The highest BCUT2D eigenvalue weighted by Gasteiger charge is 2.05. The number of carbonyl (C=O) groups is 1. The minimum Gasteiger partial charge on any atom is -0.346 e. The van der Waals surface area contributed by atoms with Gasteiger partial charge in [0.25, 0.3) is 5.91 Å². The second-order valence-electron chi connectivity index (χ2n) is 2.36. The van der Waals surface area contributed by atoms with Crippen LogP contribution in [0.5, 0.6) is 0 Å². The van der Waals surface area contributed by atoms with Gasteiger partial charge in [-0.15, -0.1) is 0 Å². The summed E-state index contributed by atoms with van der Waals surface area (Å²) in [7, 11) is 0. The van der Waals surface area contributed by atoms with Gasteiger partial charge in [-0.05, 0) is 12.2 Å². The lowest BCUT2D eigenvalue weighted by Gasteiger charge is -1.99. The summed E-state index contributed by atoms with van der Waals surface area (Å²) in [6.45, 7) is 3.68. The standard InChI is InChI=1S/C7H8ClN3OS/c1-4(8)2-9-6(12)5-3-10-7(13)11-5/h3H,1-2H2,(H,9,12)(H2,10,11,13). The van der Waals surface area contributed by atoms with Crippen LogP contribution in [0.15, 0.2) is 17.8 Å². The molecule has 0 aliphatic carbocycles. The third kappa shape index (κ3) is 3.04. The summed E-state index contributed by atoms with van der Waals surface area (Å²) < 4.78 is 0.412. The number of imidazole rings is 1. The largest absolute Gasteiger partial charge is 0.346 e. The Morgan fingerprint density at radius 1 is 1.77 bits per heavy atom. The van der Waals surface area contributed by atoms with Crippen molar-refractivity contribution in [3.8, 4) is 0 Å². The van der Waals surface area contributed by atoms with E-state index in [4.69, 9.17) is 23.8 Å². The van der Waals surface area contributed by atoms with E-state index in [-0.39, 0.29) is 12.5 Å². The van der Waals surface area contributed by atoms with Gasteiger partial charge >= 0.3 is 0 Å². The first-order chi connectivity index (χ1) is 6.09. The van der Waals surface area contributed by atoms with Gasteiger partial charge in [-0.2, -0.15) is 0 Å². The number of rotatable bonds is 3. The molecule has 70 valence electrons. The fraction of sp³-hybridized carbons (Fsp3) is 0.143. The maximum Gasteiger partial charge on any atom is 0.269 e. The third-order valence-corrected chi connectivity index (χ3v) is 1.63. The zero-order chi connectivity index (χ0) is 9.84. The molecule has 0 aromatic carbocycles. The van der Waals surface area contributed by atoms with E-state index in [2.05, 4.69) is 21.9 Å². The number of nitrogens with one attached hydrogen (secondary N) is 3. The highest BCUT2D eigenvalue weighted by molar-refractivity contribution is 7.71. The van der Waals surface area contributed by atoms with Crippen molar-refractivity contribution in [2.45, 2.75) is 0 Å². The molecule has 13 heavy (non-hydrogen) atoms. The molecule has 0 aliphatic rings. The Kier molecular flexibility index (Phi) is 3.27. The lowest BCUT2D eigenvalue weighted by Crippen LogP contribution is -2.24. The number of carbonyl (C=O) groups excluding carboxylic acids is 1. The Hall–Kier alpha value is -1.07. The normalized spacial score (nSPS) is 9.62. The Bertz CT molecular complexity index is 381. The number of aromatic amines is 2. The summed E-state index contributed by atoms with van der Waals surface area (Å²) in [6.07, 6.45) is 1.49. The van der Waals surface area contributed by atoms with Crippen LogP contribution in [0.4, 0.5) is 0 Å². The van der Waals surface area contributed by atoms with Gasteiger partial charge in [-0.3, -0.25) is 4.79 Å². The zero-order valence-electron chi connectivity index (χ0n) is 6.69. The molecule has 0 atom stereocenters. The molecular formula is C7H8ClN3OS. The van der Waals surface area contributed by atoms with Gasteiger partial charge in [0.1, 0.15) is 5.69 Å². The van der Waals surface area contributed by atoms with Crippen molar-refractivity contribution < 1.29 is 4.79 Å². The minimum atomic E-state index is -0.269. The molecule has 1 aromatic rings. The fourth-order valence-corrected chi connectivity index (χ4v) is 0.962. The van der Waals surface area contributed by atoms with Gasteiger partial charge in [-0.1, -0.05) is 18.2 Å². The lowest BCUT2D eigenvalue weighted by molar-refractivity contribution is 0.0953. The molecule has 0 radical (unpaired) electrons. The molecule has 1 amide bonds. The van der Waals surface area contributed by atoms with Crippen LogP contribution in [0, 0.1) is 4.77 Å². The van der Waals surface area contributed by atoms with Crippen molar-refractivity contribution in [2.24, 2.45) is 0 Å². The first kappa shape index (κ1) is 10.0. The smallest absolute Gasteiger partial charge is 0.269 e. The average molecular weight is 218 g/mol. The van der Waals surface area contributed by atoms with E-state index in [9.17, 15) is 4.79 Å². The van der Waals surface area contributed by atoms with E-state index in [0.29, 0.717) is 15.5 Å². The van der Waals surface area contributed by atoms with Gasteiger partial charge < -0.3 is 15.3 Å². The number of hydrogen-bond donors (Lipinski definition) is 3. The highest BCUT2D eigenvalue weighted by atomic mass is 35.5. The van der Waals surface area contributed by atoms with Crippen LogP contribution in [-0.2, 0) is 0 Å². The van der Waals surface area contributed by atoms with Crippen LogP contribution in [0.25, 0.3) is 0 Å². The van der Waals surface area contributed by atoms with E-state index < -0.39 is 0 Å². The van der Waals surface area contributed by atoms with Crippen LogP contribution in [0.1, 0.15) is 10.5 Å². The molecule has 4 nitrogen and oxygen atoms in total. The number of halogens is 1. The summed E-state index contributed by atoms with van der Waals surface area (Å²) in [5, 5.41) is 2.92. The summed E-state index contributed by atoms with van der Waals surface area (Å²) in [5.41, 5.74) is 0.378. The quantitative estimate of drug-likeness (QED) is 0.673. The predicted octanol–water partition coefficient (Wildman–Crippen LogP) is 1.55. The number of aromatic nitrogens is 2. The van der Waals surface area contributed by atoms with E-state index in [1.54, 1.807) is 0 Å². The Balaban J connectivity index is 2.59. The monoisotopic (exact) mass is 217 g/mol. The van der Waals surface area contributed by atoms with Crippen molar-refractivity contribution >= 4 is 29.7 Å². The molecule has 3 N–H and O–H groups in total. The SMILES string of the molecule is C=C(Cl)CNC(=O)c1c[nH]c(=S)[nH]1. The first-order valence-electron chi connectivity index (χ1n) is 3.49. The second kappa shape index (κ2) is 4.25. The molecule has 0 spiro atoms. The van der Waals surface area contributed by atoms with Crippen molar-refractivity contribution in [2.75, 3.05) is 6.54 Å². The Morgan fingerprint density at radius 2 is 2.46 bits per heavy atom. The fourth-order valence-electron chi connectivity index (χ4n) is 0.726. The van der Waals surface area contributed by atoms with Crippen LogP contribution >= 0.6 is 23.8 Å². The molecule has 1 aromatic heterocycles. The molecule has 0 saturated carbocycles. The number of H-pyrrole nitrogens is 2. The minimum absolute atomic E-state index is 0.242. The third-order valence-electron chi connectivity index (χ3n) is 1.28. The summed E-state index contributed by atoms with van der Waals surface area (Å²) in [4.78, 5) is 16.6. The van der Waals surface area contributed by atoms with E-state index in [1.807, 2.05) is 0 Å². The molecule has 6 heteroatoms.